The van der Waals surface area contributed by atoms with Gasteiger partial charge in [0.2, 0.25) is 5.95 Å². The molecule has 0 unspecified atom stereocenters. The SMILES string of the molecule is CC(C)(C)c1ccc2c(c1)c1c(ccc3c4cc(C(C)(C)C)ccc4n(-c4nc(-c5ccccc5)nc(-c5ccccc5)n4)c31)n2-c1ccccc1. The Kier molecular flexibility index (Phi) is 7.20. The molecule has 9 aromatic rings. The van der Waals surface area contributed by atoms with Crippen molar-refractivity contribution in [3.8, 4) is 34.4 Å². The number of para-hydroxylation sites is 1. The maximum atomic E-state index is 5.29. The summed E-state index contributed by atoms with van der Waals surface area (Å²) in [6, 6.07) is 49.6. The maximum Gasteiger partial charge on any atom is 0.238 e. The van der Waals surface area contributed by atoms with Crippen LogP contribution in [0, 0.1) is 0 Å². The molecule has 0 amide bonds. The first-order valence-corrected chi connectivity index (χ1v) is 18.1. The smallest absolute Gasteiger partial charge is 0.238 e. The zero-order valence-corrected chi connectivity index (χ0v) is 30.5. The molecule has 6 aromatic carbocycles. The van der Waals surface area contributed by atoms with E-state index >= 15 is 0 Å². The van der Waals surface area contributed by atoms with Gasteiger partial charge in [0.05, 0.1) is 22.1 Å². The van der Waals surface area contributed by atoms with Crippen LogP contribution in [0.25, 0.3) is 78.0 Å². The summed E-state index contributed by atoms with van der Waals surface area (Å²) in [6.07, 6.45) is 0. The van der Waals surface area contributed by atoms with Crippen LogP contribution < -0.4 is 0 Å². The van der Waals surface area contributed by atoms with Crippen molar-refractivity contribution in [3.05, 3.63) is 151 Å². The van der Waals surface area contributed by atoms with Crippen molar-refractivity contribution in [3.63, 3.8) is 0 Å². The Morgan fingerprint density at radius 2 is 0.904 bits per heavy atom. The van der Waals surface area contributed by atoms with Gasteiger partial charge in [0.15, 0.2) is 11.6 Å². The van der Waals surface area contributed by atoms with Crippen LogP contribution in [0.2, 0.25) is 0 Å². The largest absolute Gasteiger partial charge is 0.309 e. The Balaban J connectivity index is 1.49. The number of benzene rings is 6. The molecule has 3 heterocycles. The van der Waals surface area contributed by atoms with E-state index in [1.165, 1.54) is 38.2 Å². The summed E-state index contributed by atoms with van der Waals surface area (Å²) < 4.78 is 4.69. The molecule has 52 heavy (non-hydrogen) atoms. The minimum absolute atomic E-state index is 0.0220. The standard InChI is InChI=1S/C47H41N5/c1-46(2,3)32-22-25-38-36(28-32)35-24-27-40-41(37-29-33(47(4,5)6)23-26-39(37)51(40)34-20-14-9-15-21-34)42(35)52(38)45-49-43(30-16-10-7-11-17-30)48-44(50-45)31-18-12-8-13-19-31/h7-29H,1-6H3. The van der Waals surface area contributed by atoms with E-state index < -0.39 is 0 Å². The summed E-state index contributed by atoms with van der Waals surface area (Å²) in [5.41, 5.74) is 10.00. The van der Waals surface area contributed by atoms with E-state index in [0.717, 1.165) is 33.4 Å². The van der Waals surface area contributed by atoms with E-state index in [4.69, 9.17) is 15.0 Å². The van der Waals surface area contributed by atoms with Gasteiger partial charge in [0.1, 0.15) is 0 Å². The predicted octanol–water partition coefficient (Wildman–Crippen LogP) is 12.0. The third-order valence-corrected chi connectivity index (χ3v) is 10.3. The molecule has 9 rings (SSSR count). The van der Waals surface area contributed by atoms with E-state index in [2.05, 4.69) is 154 Å². The number of hydrogen-bond acceptors (Lipinski definition) is 3. The number of rotatable bonds is 4. The lowest BCUT2D eigenvalue weighted by atomic mass is 9.86. The van der Waals surface area contributed by atoms with Gasteiger partial charge < -0.3 is 4.57 Å². The molecule has 5 nitrogen and oxygen atoms in total. The van der Waals surface area contributed by atoms with Gasteiger partial charge in [0, 0.05) is 38.4 Å². The quantitative estimate of drug-likeness (QED) is 0.187. The van der Waals surface area contributed by atoms with Crippen LogP contribution in [0.5, 0.6) is 0 Å². The average molecular weight is 676 g/mol. The molecule has 0 aliphatic rings. The summed E-state index contributed by atoms with van der Waals surface area (Å²) in [7, 11) is 0. The van der Waals surface area contributed by atoms with Crippen LogP contribution in [0.3, 0.4) is 0 Å². The van der Waals surface area contributed by atoms with E-state index in [1.807, 2.05) is 36.4 Å². The third-order valence-electron chi connectivity index (χ3n) is 10.3. The number of nitrogens with zero attached hydrogens (tertiary/aromatic N) is 5. The lowest BCUT2D eigenvalue weighted by Gasteiger charge is -2.19. The average Bonchev–Trinajstić information content (AvgIpc) is 3.67. The van der Waals surface area contributed by atoms with Crippen molar-refractivity contribution in [2.75, 3.05) is 0 Å². The van der Waals surface area contributed by atoms with Gasteiger partial charge in [-0.2, -0.15) is 9.97 Å². The van der Waals surface area contributed by atoms with Gasteiger partial charge in [-0.1, -0.05) is 139 Å². The highest BCUT2D eigenvalue weighted by molar-refractivity contribution is 6.26. The fourth-order valence-corrected chi connectivity index (χ4v) is 7.50. The summed E-state index contributed by atoms with van der Waals surface area (Å²) in [5, 5.41) is 4.74. The fraction of sp³-hybridized carbons (Fsp3) is 0.170. The maximum absolute atomic E-state index is 5.29. The van der Waals surface area contributed by atoms with Gasteiger partial charge in [-0.05, 0) is 64.4 Å². The van der Waals surface area contributed by atoms with Crippen molar-refractivity contribution < 1.29 is 0 Å². The zero-order chi connectivity index (χ0) is 35.8. The van der Waals surface area contributed by atoms with Crippen LogP contribution >= 0.6 is 0 Å². The van der Waals surface area contributed by atoms with Gasteiger partial charge in [-0.15, -0.1) is 0 Å². The van der Waals surface area contributed by atoms with Crippen molar-refractivity contribution in [2.24, 2.45) is 0 Å². The Labute approximate surface area is 304 Å². The van der Waals surface area contributed by atoms with Gasteiger partial charge in [0.25, 0.3) is 0 Å². The van der Waals surface area contributed by atoms with E-state index in [0.29, 0.717) is 17.6 Å². The Hall–Kier alpha value is -6.07. The normalized spacial score (nSPS) is 12.4. The highest BCUT2D eigenvalue weighted by atomic mass is 15.2. The highest BCUT2D eigenvalue weighted by Crippen LogP contribution is 2.43. The van der Waals surface area contributed by atoms with Crippen molar-refractivity contribution >= 4 is 43.6 Å². The Morgan fingerprint density at radius 3 is 1.44 bits per heavy atom. The molecule has 3 aromatic heterocycles. The monoisotopic (exact) mass is 675 g/mol. The Morgan fingerprint density at radius 1 is 0.423 bits per heavy atom. The second kappa shape index (κ2) is 11.7. The summed E-state index contributed by atoms with van der Waals surface area (Å²) >= 11 is 0. The van der Waals surface area contributed by atoms with Gasteiger partial charge >= 0.3 is 0 Å². The lowest BCUT2D eigenvalue weighted by Crippen LogP contribution is -2.11. The molecule has 0 spiro atoms. The van der Waals surface area contributed by atoms with Crippen molar-refractivity contribution in [2.45, 2.75) is 52.4 Å². The molecule has 0 fully saturated rings. The predicted molar refractivity (Wildman–Crippen MR) is 217 cm³/mol. The minimum Gasteiger partial charge on any atom is -0.309 e. The summed E-state index contributed by atoms with van der Waals surface area (Å²) in [5.74, 6) is 1.87. The van der Waals surface area contributed by atoms with E-state index in [-0.39, 0.29) is 10.8 Å². The molecule has 0 N–H and O–H groups in total. The van der Waals surface area contributed by atoms with Crippen LogP contribution in [-0.2, 0) is 10.8 Å². The molecular formula is C47H41N5. The Bertz CT molecular complexity index is 2720. The van der Waals surface area contributed by atoms with E-state index in [1.54, 1.807) is 0 Å². The van der Waals surface area contributed by atoms with Crippen LogP contribution in [0.15, 0.2) is 140 Å². The molecule has 0 aliphatic heterocycles. The van der Waals surface area contributed by atoms with Crippen LogP contribution in [0.4, 0.5) is 0 Å². The minimum atomic E-state index is -0.0268. The number of aromatic nitrogens is 5. The molecular weight excluding hydrogens is 635 g/mol. The first kappa shape index (κ1) is 31.9. The molecule has 0 saturated heterocycles. The van der Waals surface area contributed by atoms with E-state index in [9.17, 15) is 0 Å². The second-order valence-electron chi connectivity index (χ2n) is 15.8. The fourth-order valence-electron chi connectivity index (χ4n) is 7.50. The van der Waals surface area contributed by atoms with Crippen molar-refractivity contribution in [1.29, 1.82) is 0 Å². The molecule has 0 saturated carbocycles. The molecule has 0 radical (unpaired) electrons. The van der Waals surface area contributed by atoms with Crippen LogP contribution in [-0.4, -0.2) is 24.1 Å². The summed E-state index contributed by atoms with van der Waals surface area (Å²) in [4.78, 5) is 15.6. The first-order valence-electron chi connectivity index (χ1n) is 18.1. The second-order valence-corrected chi connectivity index (χ2v) is 15.8. The lowest BCUT2D eigenvalue weighted by molar-refractivity contribution is 0.591. The number of hydrogen-bond donors (Lipinski definition) is 0. The highest BCUT2D eigenvalue weighted by Gasteiger charge is 2.26. The topological polar surface area (TPSA) is 48.5 Å². The van der Waals surface area contributed by atoms with Crippen LogP contribution in [0.1, 0.15) is 52.7 Å². The molecule has 5 heteroatoms. The van der Waals surface area contributed by atoms with Gasteiger partial charge in [-0.3, -0.25) is 4.57 Å². The zero-order valence-electron chi connectivity index (χ0n) is 30.5. The van der Waals surface area contributed by atoms with Crippen molar-refractivity contribution in [1.82, 2.24) is 24.1 Å². The summed E-state index contributed by atoms with van der Waals surface area (Å²) in [6.45, 7) is 13.7. The van der Waals surface area contributed by atoms with Gasteiger partial charge in [-0.25, -0.2) is 4.98 Å². The molecule has 0 atom stereocenters. The molecule has 254 valence electrons. The first-order chi connectivity index (χ1) is 25.1. The molecule has 0 aliphatic carbocycles. The molecule has 0 bridgehead atoms. The third kappa shape index (κ3) is 5.19. The number of fused-ring (bicyclic) bond motifs is 7.